The Kier molecular flexibility index (Phi) is 4.03. The summed E-state index contributed by atoms with van der Waals surface area (Å²) in [6.45, 7) is 0. The average molecular weight is 382 g/mol. The van der Waals surface area contributed by atoms with E-state index in [9.17, 15) is 4.79 Å². The fraction of sp³-hybridized carbons (Fsp3) is 0.160. The Morgan fingerprint density at radius 3 is 2.21 bits per heavy atom. The van der Waals surface area contributed by atoms with Crippen LogP contribution in [0.4, 0.5) is 0 Å². The molecule has 3 aromatic carbocycles. The lowest BCUT2D eigenvalue weighted by Gasteiger charge is -2.38. The molecule has 1 aromatic heterocycles. The summed E-state index contributed by atoms with van der Waals surface area (Å²) < 4.78 is 6.27. The second-order valence-electron chi connectivity index (χ2n) is 7.81. The molecule has 0 saturated heterocycles. The number of benzene rings is 3. The highest BCUT2D eigenvalue weighted by atomic mass is 16.3. The first kappa shape index (κ1) is 17.7. The zero-order valence-corrected chi connectivity index (χ0v) is 16.0. The topological polar surface area (TPSA) is 82.2 Å². The van der Waals surface area contributed by atoms with Crippen molar-refractivity contribution in [1.82, 2.24) is 0 Å². The van der Waals surface area contributed by atoms with Gasteiger partial charge in [0.1, 0.15) is 11.3 Å². The van der Waals surface area contributed by atoms with E-state index in [1.807, 2.05) is 42.5 Å². The van der Waals surface area contributed by atoms with Crippen LogP contribution in [0.5, 0.6) is 0 Å². The second kappa shape index (κ2) is 6.61. The number of carbonyl (C=O) groups excluding carboxylic acids is 1. The van der Waals surface area contributed by atoms with E-state index in [2.05, 4.69) is 24.3 Å². The zero-order chi connectivity index (χ0) is 20.0. The largest absolute Gasteiger partial charge is 0.455 e. The SMILES string of the molecule is NC(=O)c1cccc2c(-c3ccccc3)c(-c3ccc(C4(N)CCC4)cc3)oc12. The minimum Gasteiger partial charge on any atom is -0.455 e. The quantitative estimate of drug-likeness (QED) is 0.509. The van der Waals surface area contributed by atoms with E-state index in [1.165, 1.54) is 6.42 Å². The Bertz CT molecular complexity index is 1200. The predicted octanol–water partition coefficient (Wildman–Crippen LogP) is 5.20. The van der Waals surface area contributed by atoms with E-state index >= 15 is 0 Å². The van der Waals surface area contributed by atoms with Gasteiger partial charge >= 0.3 is 0 Å². The monoisotopic (exact) mass is 382 g/mol. The number of carbonyl (C=O) groups is 1. The van der Waals surface area contributed by atoms with Crippen LogP contribution < -0.4 is 11.5 Å². The molecule has 5 rings (SSSR count). The maximum absolute atomic E-state index is 12.0. The van der Waals surface area contributed by atoms with E-state index in [4.69, 9.17) is 15.9 Å². The van der Waals surface area contributed by atoms with Gasteiger partial charge in [-0.15, -0.1) is 0 Å². The van der Waals surface area contributed by atoms with Crippen LogP contribution >= 0.6 is 0 Å². The van der Waals surface area contributed by atoms with Crippen molar-refractivity contribution in [2.75, 3.05) is 0 Å². The van der Waals surface area contributed by atoms with Crippen LogP contribution in [0.1, 0.15) is 35.2 Å². The second-order valence-corrected chi connectivity index (χ2v) is 7.81. The van der Waals surface area contributed by atoms with Crippen LogP contribution in [0.3, 0.4) is 0 Å². The number of amides is 1. The molecule has 1 aliphatic carbocycles. The lowest BCUT2D eigenvalue weighted by molar-refractivity contribution is 0.100. The summed E-state index contributed by atoms with van der Waals surface area (Å²) in [4.78, 5) is 12.0. The van der Waals surface area contributed by atoms with Crippen molar-refractivity contribution >= 4 is 16.9 Å². The van der Waals surface area contributed by atoms with Crippen molar-refractivity contribution in [3.8, 4) is 22.5 Å². The summed E-state index contributed by atoms with van der Waals surface area (Å²) in [5, 5.41) is 0.876. The van der Waals surface area contributed by atoms with E-state index in [0.29, 0.717) is 11.1 Å². The Labute approximate surface area is 169 Å². The van der Waals surface area contributed by atoms with Gasteiger partial charge in [0, 0.05) is 22.1 Å². The van der Waals surface area contributed by atoms with Crippen molar-refractivity contribution in [3.05, 3.63) is 83.9 Å². The summed E-state index contributed by atoms with van der Waals surface area (Å²) in [5.74, 6) is 0.229. The molecule has 29 heavy (non-hydrogen) atoms. The lowest BCUT2D eigenvalue weighted by atomic mass is 9.72. The van der Waals surface area contributed by atoms with Crippen LogP contribution in [0.2, 0.25) is 0 Å². The number of hydrogen-bond acceptors (Lipinski definition) is 3. The van der Waals surface area contributed by atoms with Gasteiger partial charge in [-0.3, -0.25) is 4.79 Å². The number of rotatable bonds is 4. The van der Waals surface area contributed by atoms with Gasteiger partial charge in [0.2, 0.25) is 0 Å². The molecule has 1 fully saturated rings. The standard InChI is InChI=1S/C25H22N2O2/c26-24(28)20-9-4-8-19-21(16-6-2-1-3-7-16)22(29-23(19)20)17-10-12-18(13-11-17)25(27)14-5-15-25/h1-4,6-13H,5,14-15,27H2,(H2,26,28). The van der Waals surface area contributed by atoms with E-state index in [-0.39, 0.29) is 5.54 Å². The van der Waals surface area contributed by atoms with Crippen LogP contribution in [0.15, 0.2) is 77.2 Å². The van der Waals surface area contributed by atoms with Gasteiger partial charge in [0.25, 0.3) is 5.91 Å². The van der Waals surface area contributed by atoms with Crippen LogP contribution in [-0.2, 0) is 5.54 Å². The summed E-state index contributed by atoms with van der Waals surface area (Å²) in [7, 11) is 0. The Morgan fingerprint density at radius 1 is 0.862 bits per heavy atom. The van der Waals surface area contributed by atoms with Crippen molar-refractivity contribution in [3.63, 3.8) is 0 Å². The number of fused-ring (bicyclic) bond motifs is 1. The number of furan rings is 1. The van der Waals surface area contributed by atoms with Crippen molar-refractivity contribution in [2.24, 2.45) is 11.5 Å². The van der Waals surface area contributed by atoms with Crippen molar-refractivity contribution in [1.29, 1.82) is 0 Å². The number of para-hydroxylation sites is 1. The third kappa shape index (κ3) is 2.84. The molecule has 4 heteroatoms. The van der Waals surface area contributed by atoms with Crippen LogP contribution in [0, 0.1) is 0 Å². The fourth-order valence-electron chi connectivity index (χ4n) is 4.21. The lowest BCUT2D eigenvalue weighted by Crippen LogP contribution is -2.43. The molecule has 0 bridgehead atoms. The molecular weight excluding hydrogens is 360 g/mol. The Balaban J connectivity index is 1.72. The van der Waals surface area contributed by atoms with Crippen molar-refractivity contribution < 1.29 is 9.21 Å². The molecule has 144 valence electrons. The van der Waals surface area contributed by atoms with Crippen LogP contribution in [0.25, 0.3) is 33.4 Å². The highest BCUT2D eigenvalue weighted by Gasteiger charge is 2.34. The number of primary amides is 1. The molecule has 1 aliphatic rings. The van der Waals surface area contributed by atoms with Gasteiger partial charge in [-0.2, -0.15) is 0 Å². The van der Waals surface area contributed by atoms with Gasteiger partial charge in [0.15, 0.2) is 0 Å². The highest BCUT2D eigenvalue weighted by Crippen LogP contribution is 2.43. The molecule has 0 spiro atoms. The van der Waals surface area contributed by atoms with Gasteiger partial charge in [-0.1, -0.05) is 66.7 Å². The predicted molar refractivity (Wildman–Crippen MR) is 115 cm³/mol. The van der Waals surface area contributed by atoms with Gasteiger partial charge in [-0.05, 0) is 36.5 Å². The fourth-order valence-corrected chi connectivity index (χ4v) is 4.21. The van der Waals surface area contributed by atoms with E-state index < -0.39 is 5.91 Å². The van der Waals surface area contributed by atoms with Gasteiger partial charge in [-0.25, -0.2) is 0 Å². The molecule has 0 radical (unpaired) electrons. The van der Waals surface area contributed by atoms with Crippen LogP contribution in [-0.4, -0.2) is 5.91 Å². The molecule has 4 nitrogen and oxygen atoms in total. The third-order valence-corrected chi connectivity index (χ3v) is 6.01. The van der Waals surface area contributed by atoms with Gasteiger partial charge < -0.3 is 15.9 Å². The first-order chi connectivity index (χ1) is 14.1. The molecule has 0 aliphatic heterocycles. The zero-order valence-electron chi connectivity index (χ0n) is 16.0. The normalized spacial score (nSPS) is 15.2. The third-order valence-electron chi connectivity index (χ3n) is 6.01. The number of hydrogen-bond donors (Lipinski definition) is 2. The minimum absolute atomic E-state index is 0.201. The maximum Gasteiger partial charge on any atom is 0.252 e. The summed E-state index contributed by atoms with van der Waals surface area (Å²) in [5.41, 5.74) is 16.9. The van der Waals surface area contributed by atoms with Crippen molar-refractivity contribution in [2.45, 2.75) is 24.8 Å². The summed E-state index contributed by atoms with van der Waals surface area (Å²) >= 11 is 0. The molecule has 1 saturated carbocycles. The molecule has 4 N–H and O–H groups in total. The van der Waals surface area contributed by atoms with E-state index in [0.717, 1.165) is 46.2 Å². The average Bonchev–Trinajstić information content (AvgIpc) is 3.12. The first-order valence-corrected chi connectivity index (χ1v) is 9.87. The number of nitrogens with two attached hydrogens (primary N) is 2. The summed E-state index contributed by atoms with van der Waals surface area (Å²) in [6.07, 6.45) is 3.22. The molecular formula is C25H22N2O2. The first-order valence-electron chi connectivity index (χ1n) is 9.87. The molecule has 0 atom stereocenters. The smallest absolute Gasteiger partial charge is 0.252 e. The highest BCUT2D eigenvalue weighted by molar-refractivity contribution is 6.10. The Morgan fingerprint density at radius 2 is 1.59 bits per heavy atom. The van der Waals surface area contributed by atoms with Gasteiger partial charge in [0.05, 0.1) is 5.56 Å². The molecule has 1 heterocycles. The Hall–Kier alpha value is -3.37. The molecule has 1 amide bonds. The summed E-state index contributed by atoms with van der Waals surface area (Å²) in [6, 6.07) is 23.8. The molecule has 0 unspecified atom stereocenters. The van der Waals surface area contributed by atoms with E-state index in [1.54, 1.807) is 6.07 Å². The maximum atomic E-state index is 12.0. The minimum atomic E-state index is -0.499. The molecule has 4 aromatic rings.